The number of benzene rings is 1. The first-order valence-electron chi connectivity index (χ1n) is 5.95. The highest BCUT2D eigenvalue weighted by Gasteiger charge is 2.34. The van der Waals surface area contributed by atoms with E-state index in [2.05, 4.69) is 10.6 Å². The molecule has 0 fully saturated rings. The van der Waals surface area contributed by atoms with Gasteiger partial charge in [0.2, 0.25) is 5.91 Å². The maximum atomic E-state index is 12.7. The molecule has 1 rings (SSSR count). The Balaban J connectivity index is 2.76. The summed E-state index contributed by atoms with van der Waals surface area (Å²) in [6.45, 7) is 3.10. The lowest BCUT2D eigenvalue weighted by atomic mass is 10.1. The normalized spacial score (nSPS) is 11.3. The third-order valence-electron chi connectivity index (χ3n) is 2.34. The molecule has 0 aliphatic carbocycles. The smallest absolute Gasteiger partial charge is 0.352 e. The summed E-state index contributed by atoms with van der Waals surface area (Å²) in [5, 5.41) is 4.68. The van der Waals surface area contributed by atoms with Gasteiger partial charge in [0.25, 0.3) is 5.91 Å². The van der Waals surface area contributed by atoms with Gasteiger partial charge >= 0.3 is 6.18 Å². The van der Waals surface area contributed by atoms with Crippen LogP contribution in [0.15, 0.2) is 24.3 Å². The molecule has 7 heteroatoms. The van der Waals surface area contributed by atoms with Crippen molar-refractivity contribution in [2.75, 3.05) is 6.54 Å². The fourth-order valence-electron chi connectivity index (χ4n) is 1.56. The molecule has 0 aromatic heterocycles. The Bertz CT molecular complexity index is 499. The van der Waals surface area contributed by atoms with Crippen molar-refractivity contribution < 1.29 is 22.8 Å². The van der Waals surface area contributed by atoms with Crippen LogP contribution in [-0.2, 0) is 11.0 Å². The van der Waals surface area contributed by atoms with Crippen LogP contribution in [0.5, 0.6) is 0 Å². The van der Waals surface area contributed by atoms with Crippen LogP contribution in [0.1, 0.15) is 29.8 Å². The molecule has 1 aromatic rings. The van der Waals surface area contributed by atoms with Gasteiger partial charge in [-0.1, -0.05) is 12.1 Å². The van der Waals surface area contributed by atoms with Gasteiger partial charge in [-0.05, 0) is 26.0 Å². The molecule has 0 saturated carbocycles. The molecule has 0 radical (unpaired) electrons. The topological polar surface area (TPSA) is 58.2 Å². The number of alkyl halides is 3. The number of hydrogen-bond acceptors (Lipinski definition) is 2. The number of hydrogen-bond donors (Lipinski definition) is 2. The summed E-state index contributed by atoms with van der Waals surface area (Å²) in [6, 6.07) is 4.31. The molecule has 0 atom stereocenters. The minimum Gasteiger partial charge on any atom is -0.352 e. The molecule has 0 aliphatic heterocycles. The Labute approximate surface area is 114 Å². The highest BCUT2D eigenvalue weighted by atomic mass is 19.4. The summed E-state index contributed by atoms with van der Waals surface area (Å²) in [5.41, 5.74) is -1.53. The number of nitrogens with one attached hydrogen (secondary N) is 2. The molecule has 1 aromatic carbocycles. The maximum absolute atomic E-state index is 12.7. The minimum absolute atomic E-state index is 0.109. The predicted molar refractivity (Wildman–Crippen MR) is 67.1 cm³/mol. The Morgan fingerprint density at radius 2 is 1.80 bits per heavy atom. The molecule has 0 unspecified atom stereocenters. The quantitative estimate of drug-likeness (QED) is 0.890. The van der Waals surface area contributed by atoms with E-state index in [-0.39, 0.29) is 12.6 Å². The van der Waals surface area contributed by atoms with Crippen molar-refractivity contribution in [3.05, 3.63) is 35.4 Å². The van der Waals surface area contributed by atoms with Gasteiger partial charge < -0.3 is 10.6 Å². The van der Waals surface area contributed by atoms with E-state index in [0.717, 1.165) is 12.1 Å². The molecule has 0 heterocycles. The lowest BCUT2D eigenvalue weighted by Crippen LogP contribution is -2.40. The summed E-state index contributed by atoms with van der Waals surface area (Å²) in [6.07, 6.45) is -4.62. The number of carbonyl (C=O) groups is 2. The summed E-state index contributed by atoms with van der Waals surface area (Å²) in [7, 11) is 0. The van der Waals surface area contributed by atoms with Crippen molar-refractivity contribution in [1.29, 1.82) is 0 Å². The molecule has 0 bridgehead atoms. The average molecular weight is 288 g/mol. The number of amides is 2. The lowest BCUT2D eigenvalue weighted by molar-refractivity contribution is -0.137. The zero-order valence-electron chi connectivity index (χ0n) is 11.0. The van der Waals surface area contributed by atoms with Crippen molar-refractivity contribution >= 4 is 11.8 Å². The summed E-state index contributed by atoms with van der Waals surface area (Å²) in [4.78, 5) is 23.0. The first-order chi connectivity index (χ1) is 9.21. The third kappa shape index (κ3) is 4.56. The van der Waals surface area contributed by atoms with Crippen LogP contribution in [0.2, 0.25) is 0 Å². The third-order valence-corrected chi connectivity index (χ3v) is 2.34. The first-order valence-corrected chi connectivity index (χ1v) is 5.95. The van der Waals surface area contributed by atoms with E-state index < -0.39 is 29.1 Å². The largest absolute Gasteiger partial charge is 0.417 e. The molecular weight excluding hydrogens is 273 g/mol. The van der Waals surface area contributed by atoms with E-state index in [0.29, 0.717) is 0 Å². The van der Waals surface area contributed by atoms with Gasteiger partial charge in [0.05, 0.1) is 17.7 Å². The lowest BCUT2D eigenvalue weighted by Gasteiger charge is -2.13. The number of carbonyl (C=O) groups excluding carboxylic acids is 2. The van der Waals surface area contributed by atoms with Gasteiger partial charge in [-0.25, -0.2) is 0 Å². The average Bonchev–Trinajstić information content (AvgIpc) is 2.34. The zero-order chi connectivity index (χ0) is 15.3. The van der Waals surface area contributed by atoms with Gasteiger partial charge in [0, 0.05) is 6.04 Å². The van der Waals surface area contributed by atoms with E-state index in [1.807, 2.05) is 0 Å². The maximum Gasteiger partial charge on any atom is 0.417 e. The molecule has 20 heavy (non-hydrogen) atoms. The van der Waals surface area contributed by atoms with Crippen LogP contribution in [-0.4, -0.2) is 24.4 Å². The SMILES string of the molecule is CC(C)NC(=O)CNC(=O)c1ccccc1C(F)(F)F. The second-order valence-corrected chi connectivity index (χ2v) is 4.45. The van der Waals surface area contributed by atoms with Crippen molar-refractivity contribution in [1.82, 2.24) is 10.6 Å². The number of rotatable bonds is 4. The Kier molecular flexibility index (Phi) is 5.12. The Morgan fingerprint density at radius 1 is 1.20 bits per heavy atom. The van der Waals surface area contributed by atoms with Gasteiger partial charge in [-0.2, -0.15) is 13.2 Å². The van der Waals surface area contributed by atoms with Crippen LogP contribution in [0.25, 0.3) is 0 Å². The number of halogens is 3. The summed E-state index contributed by atoms with van der Waals surface area (Å²) in [5.74, 6) is -1.39. The van der Waals surface area contributed by atoms with E-state index in [4.69, 9.17) is 0 Å². The highest BCUT2D eigenvalue weighted by molar-refractivity contribution is 5.97. The zero-order valence-corrected chi connectivity index (χ0v) is 11.0. The van der Waals surface area contributed by atoms with Gasteiger partial charge in [-0.15, -0.1) is 0 Å². The Hall–Kier alpha value is -2.05. The fraction of sp³-hybridized carbons (Fsp3) is 0.385. The Morgan fingerprint density at radius 3 is 2.35 bits per heavy atom. The molecule has 4 nitrogen and oxygen atoms in total. The fourth-order valence-corrected chi connectivity index (χ4v) is 1.56. The van der Waals surface area contributed by atoms with Gasteiger partial charge in [-0.3, -0.25) is 9.59 Å². The van der Waals surface area contributed by atoms with E-state index in [1.165, 1.54) is 12.1 Å². The molecule has 2 N–H and O–H groups in total. The van der Waals surface area contributed by atoms with Crippen LogP contribution in [0.3, 0.4) is 0 Å². The highest BCUT2D eigenvalue weighted by Crippen LogP contribution is 2.31. The standard InChI is InChI=1S/C13H15F3N2O2/c1-8(2)18-11(19)7-17-12(20)9-5-3-4-6-10(9)13(14,15)16/h3-6,8H,7H2,1-2H3,(H,17,20)(H,18,19). The van der Waals surface area contributed by atoms with E-state index in [9.17, 15) is 22.8 Å². The first kappa shape index (κ1) is 16.0. The van der Waals surface area contributed by atoms with Gasteiger partial charge in [0.15, 0.2) is 0 Å². The molecule has 0 saturated heterocycles. The second-order valence-electron chi connectivity index (χ2n) is 4.45. The van der Waals surface area contributed by atoms with Crippen LogP contribution in [0, 0.1) is 0 Å². The molecular formula is C13H15F3N2O2. The predicted octanol–water partition coefficient (Wildman–Crippen LogP) is 1.96. The molecule has 110 valence electrons. The van der Waals surface area contributed by atoms with Crippen LogP contribution >= 0.6 is 0 Å². The van der Waals surface area contributed by atoms with E-state index in [1.54, 1.807) is 13.8 Å². The summed E-state index contributed by atoms with van der Waals surface area (Å²) < 4.78 is 38.2. The van der Waals surface area contributed by atoms with Crippen molar-refractivity contribution in [3.63, 3.8) is 0 Å². The summed E-state index contributed by atoms with van der Waals surface area (Å²) >= 11 is 0. The van der Waals surface area contributed by atoms with Crippen LogP contribution in [0.4, 0.5) is 13.2 Å². The van der Waals surface area contributed by atoms with Crippen molar-refractivity contribution in [3.8, 4) is 0 Å². The second kappa shape index (κ2) is 6.40. The van der Waals surface area contributed by atoms with Crippen molar-refractivity contribution in [2.24, 2.45) is 0 Å². The monoisotopic (exact) mass is 288 g/mol. The van der Waals surface area contributed by atoms with Crippen molar-refractivity contribution in [2.45, 2.75) is 26.1 Å². The minimum atomic E-state index is -4.62. The molecule has 0 spiro atoms. The van der Waals surface area contributed by atoms with Gasteiger partial charge in [0.1, 0.15) is 0 Å². The molecule has 2 amide bonds. The van der Waals surface area contributed by atoms with E-state index >= 15 is 0 Å². The molecule has 0 aliphatic rings. The van der Waals surface area contributed by atoms with Crippen LogP contribution < -0.4 is 10.6 Å².